The number of hydrogen-bond donors (Lipinski definition) is 1. The topological polar surface area (TPSA) is 68.7 Å². The second kappa shape index (κ2) is 9.62. The van der Waals surface area contributed by atoms with Crippen molar-refractivity contribution in [3.63, 3.8) is 0 Å². The van der Waals surface area contributed by atoms with Gasteiger partial charge in [0.25, 0.3) is 0 Å². The Morgan fingerprint density at radius 3 is 2.63 bits per heavy atom. The largest absolute Gasteiger partial charge is 0.493 e. The van der Waals surface area contributed by atoms with Crippen LogP contribution in [0.15, 0.2) is 24.3 Å². The lowest BCUT2D eigenvalue weighted by Crippen LogP contribution is -2.21. The Bertz CT molecular complexity index is 754. The van der Waals surface area contributed by atoms with Gasteiger partial charge in [-0.2, -0.15) is 4.98 Å². The smallest absolute Gasteiger partial charge is 0.231 e. The second-order valence-corrected chi connectivity index (χ2v) is 6.69. The molecule has 1 aliphatic heterocycles. The number of nitrogens with one attached hydrogen (secondary N) is 1. The minimum Gasteiger partial charge on any atom is -0.493 e. The maximum Gasteiger partial charge on any atom is 0.231 e. The molecule has 0 amide bonds. The summed E-state index contributed by atoms with van der Waals surface area (Å²) in [6.45, 7) is 4.10. The number of benzene rings is 1. The van der Waals surface area contributed by atoms with E-state index in [1.165, 1.54) is 33.0 Å². The zero-order chi connectivity index (χ0) is 19.1. The van der Waals surface area contributed by atoms with E-state index in [0.29, 0.717) is 35.1 Å². The third-order valence-electron chi connectivity index (χ3n) is 4.38. The predicted octanol–water partition coefficient (Wildman–Crippen LogP) is 3.76. The lowest BCUT2D eigenvalue weighted by molar-refractivity contribution is 0.254. The zero-order valence-electron chi connectivity index (χ0n) is 15.7. The Morgan fingerprint density at radius 1 is 1.07 bits per heavy atom. The van der Waals surface area contributed by atoms with Gasteiger partial charge in [-0.25, -0.2) is 4.98 Å². The second-order valence-electron chi connectivity index (χ2n) is 6.30. The summed E-state index contributed by atoms with van der Waals surface area (Å²) in [4.78, 5) is 10.9. The van der Waals surface area contributed by atoms with Crippen molar-refractivity contribution in [2.75, 3.05) is 45.8 Å². The SMILES string of the molecule is COc1cc(Cl)nc(Nc2ccc(OC)c(OCCCN3CCCC3)c2)n1. The quantitative estimate of drug-likeness (QED) is 0.514. The van der Waals surface area contributed by atoms with Crippen LogP contribution in [0.4, 0.5) is 11.6 Å². The number of aromatic nitrogens is 2. The van der Waals surface area contributed by atoms with Gasteiger partial charge in [0, 0.05) is 24.4 Å². The van der Waals surface area contributed by atoms with E-state index in [-0.39, 0.29) is 0 Å². The molecule has 7 nitrogen and oxygen atoms in total. The first-order valence-corrected chi connectivity index (χ1v) is 9.44. The fraction of sp³-hybridized carbons (Fsp3) is 0.474. The van der Waals surface area contributed by atoms with E-state index >= 15 is 0 Å². The fourth-order valence-corrected chi connectivity index (χ4v) is 3.20. The third kappa shape index (κ3) is 5.61. The van der Waals surface area contributed by atoms with Crippen LogP contribution in [0.1, 0.15) is 19.3 Å². The summed E-state index contributed by atoms with van der Waals surface area (Å²) in [5.74, 6) is 2.11. The third-order valence-corrected chi connectivity index (χ3v) is 4.57. The molecule has 8 heteroatoms. The van der Waals surface area contributed by atoms with Gasteiger partial charge in [-0.3, -0.25) is 0 Å². The molecular weight excluding hydrogens is 368 g/mol. The van der Waals surface area contributed by atoms with E-state index in [2.05, 4.69) is 20.2 Å². The van der Waals surface area contributed by atoms with Gasteiger partial charge in [-0.05, 0) is 44.5 Å². The van der Waals surface area contributed by atoms with Crippen molar-refractivity contribution in [3.05, 3.63) is 29.4 Å². The lowest BCUT2D eigenvalue weighted by Gasteiger charge is -2.16. The molecule has 0 radical (unpaired) electrons. The Hall–Kier alpha value is -2.25. The summed E-state index contributed by atoms with van der Waals surface area (Å²) in [6, 6.07) is 7.13. The van der Waals surface area contributed by atoms with Crippen LogP contribution in [0, 0.1) is 0 Å². The van der Waals surface area contributed by atoms with Crippen molar-refractivity contribution >= 4 is 23.2 Å². The molecule has 1 N–H and O–H groups in total. The highest BCUT2D eigenvalue weighted by Gasteiger charge is 2.12. The minimum atomic E-state index is 0.302. The Balaban J connectivity index is 1.62. The van der Waals surface area contributed by atoms with E-state index in [9.17, 15) is 0 Å². The van der Waals surface area contributed by atoms with Crippen LogP contribution in [0.25, 0.3) is 0 Å². The predicted molar refractivity (Wildman–Crippen MR) is 106 cm³/mol. The van der Waals surface area contributed by atoms with E-state index < -0.39 is 0 Å². The van der Waals surface area contributed by atoms with Gasteiger partial charge in [-0.1, -0.05) is 11.6 Å². The average Bonchev–Trinajstić information content (AvgIpc) is 3.18. The van der Waals surface area contributed by atoms with E-state index in [1.807, 2.05) is 18.2 Å². The number of anilines is 2. The van der Waals surface area contributed by atoms with Gasteiger partial charge in [0.05, 0.1) is 20.8 Å². The number of likely N-dealkylation sites (tertiary alicyclic amines) is 1. The molecule has 0 saturated carbocycles. The molecule has 0 bridgehead atoms. The van der Waals surface area contributed by atoms with Crippen molar-refractivity contribution in [1.29, 1.82) is 0 Å². The monoisotopic (exact) mass is 392 g/mol. The molecule has 0 atom stereocenters. The van der Waals surface area contributed by atoms with Crippen molar-refractivity contribution in [2.24, 2.45) is 0 Å². The highest BCUT2D eigenvalue weighted by Crippen LogP contribution is 2.31. The van der Waals surface area contributed by atoms with Crippen molar-refractivity contribution in [1.82, 2.24) is 14.9 Å². The summed E-state index contributed by atoms with van der Waals surface area (Å²) in [5, 5.41) is 3.42. The number of halogens is 1. The van der Waals surface area contributed by atoms with Crippen LogP contribution in [-0.2, 0) is 0 Å². The molecule has 1 aromatic carbocycles. The number of ether oxygens (including phenoxy) is 3. The van der Waals surface area contributed by atoms with Crippen LogP contribution >= 0.6 is 11.6 Å². The molecule has 146 valence electrons. The molecule has 27 heavy (non-hydrogen) atoms. The number of rotatable bonds is 9. The summed E-state index contributed by atoms with van der Waals surface area (Å²) < 4.78 is 16.5. The molecule has 0 aliphatic carbocycles. The molecule has 2 aromatic rings. The maximum absolute atomic E-state index is 5.99. The minimum absolute atomic E-state index is 0.302. The molecule has 0 spiro atoms. The van der Waals surface area contributed by atoms with Crippen LogP contribution in [0.5, 0.6) is 17.4 Å². The number of nitrogens with zero attached hydrogens (tertiary/aromatic N) is 3. The van der Waals surface area contributed by atoms with Crippen molar-refractivity contribution < 1.29 is 14.2 Å². The molecular formula is C19H25ClN4O3. The van der Waals surface area contributed by atoms with E-state index in [1.54, 1.807) is 13.2 Å². The maximum atomic E-state index is 5.99. The molecule has 0 unspecified atom stereocenters. The van der Waals surface area contributed by atoms with Crippen LogP contribution in [0.3, 0.4) is 0 Å². The molecule has 3 rings (SSSR count). The van der Waals surface area contributed by atoms with Gasteiger partial charge in [-0.15, -0.1) is 0 Å². The zero-order valence-corrected chi connectivity index (χ0v) is 16.5. The first-order chi connectivity index (χ1) is 13.2. The van der Waals surface area contributed by atoms with Crippen LogP contribution in [0.2, 0.25) is 5.15 Å². The lowest BCUT2D eigenvalue weighted by atomic mass is 10.2. The van der Waals surface area contributed by atoms with Gasteiger partial charge in [0.1, 0.15) is 5.15 Å². The Morgan fingerprint density at radius 2 is 1.89 bits per heavy atom. The van der Waals surface area contributed by atoms with Crippen LogP contribution in [-0.4, -0.2) is 55.3 Å². The number of hydrogen-bond acceptors (Lipinski definition) is 7. The summed E-state index contributed by atoms with van der Waals surface area (Å²) in [6.07, 6.45) is 3.59. The van der Waals surface area contributed by atoms with Gasteiger partial charge < -0.3 is 24.4 Å². The molecule has 2 heterocycles. The van der Waals surface area contributed by atoms with Crippen molar-refractivity contribution in [3.8, 4) is 17.4 Å². The summed E-state index contributed by atoms with van der Waals surface area (Å²) >= 11 is 5.99. The van der Waals surface area contributed by atoms with Crippen LogP contribution < -0.4 is 19.5 Å². The van der Waals surface area contributed by atoms with E-state index in [4.69, 9.17) is 25.8 Å². The van der Waals surface area contributed by atoms with Gasteiger partial charge >= 0.3 is 0 Å². The highest BCUT2D eigenvalue weighted by atomic mass is 35.5. The Labute approximate surface area is 164 Å². The first-order valence-electron chi connectivity index (χ1n) is 9.07. The van der Waals surface area contributed by atoms with E-state index in [0.717, 1.165) is 18.7 Å². The molecule has 1 saturated heterocycles. The highest BCUT2D eigenvalue weighted by molar-refractivity contribution is 6.29. The molecule has 1 fully saturated rings. The average molecular weight is 393 g/mol. The molecule has 1 aromatic heterocycles. The normalized spacial score (nSPS) is 14.2. The summed E-state index contributed by atoms with van der Waals surface area (Å²) in [5.41, 5.74) is 0.773. The Kier molecular flexibility index (Phi) is 6.95. The molecule has 1 aliphatic rings. The fourth-order valence-electron chi connectivity index (χ4n) is 3.03. The van der Waals surface area contributed by atoms with Crippen molar-refractivity contribution in [2.45, 2.75) is 19.3 Å². The first kappa shape index (κ1) is 19.5. The summed E-state index contributed by atoms with van der Waals surface area (Å²) in [7, 11) is 3.16. The van der Waals surface area contributed by atoms with Gasteiger partial charge in [0.15, 0.2) is 11.5 Å². The number of methoxy groups -OCH3 is 2. The standard InChI is InChI=1S/C19H25ClN4O3/c1-25-15-7-6-14(21-19-22-17(20)13-18(23-19)26-2)12-16(15)27-11-5-10-24-8-3-4-9-24/h6-7,12-13H,3-5,8-11H2,1-2H3,(H,21,22,23). The van der Waals surface area contributed by atoms with Gasteiger partial charge in [0.2, 0.25) is 11.8 Å².